The first-order valence-corrected chi connectivity index (χ1v) is 21.9. The van der Waals surface area contributed by atoms with Crippen molar-refractivity contribution in [1.82, 2.24) is 9.78 Å². The molecule has 4 rings (SSSR count). The van der Waals surface area contributed by atoms with Gasteiger partial charge in [0, 0.05) is 0 Å². The fraction of sp³-hybridized carbons (Fsp3) is 0.382. The van der Waals surface area contributed by atoms with Gasteiger partial charge in [-0.05, 0) is 0 Å². The van der Waals surface area contributed by atoms with Gasteiger partial charge in [0.1, 0.15) is 0 Å². The van der Waals surface area contributed by atoms with Crippen LogP contribution < -0.4 is 3.58 Å². The molecule has 0 aliphatic heterocycles. The third-order valence-corrected chi connectivity index (χ3v) is 23.6. The maximum absolute atomic E-state index is 5.28. The van der Waals surface area contributed by atoms with Crippen molar-refractivity contribution in [3.05, 3.63) is 120 Å². The van der Waals surface area contributed by atoms with E-state index < -0.39 is 23.9 Å². The number of hydrogen-bond acceptors (Lipinski definition) is 1. The topological polar surface area (TPSA) is 17.8 Å². The Morgan fingerprint density at radius 1 is 0.595 bits per heavy atom. The number of rotatable bonds is 14. The van der Waals surface area contributed by atoms with Gasteiger partial charge in [-0.25, -0.2) is 0 Å². The van der Waals surface area contributed by atoms with Crippen molar-refractivity contribution in [3.63, 3.8) is 0 Å². The number of nitrogens with zero attached hydrogens (tertiary/aromatic N) is 2. The Bertz CT molecular complexity index is 1070. The summed E-state index contributed by atoms with van der Waals surface area (Å²) in [5, 5.41) is 5.28. The van der Waals surface area contributed by atoms with E-state index in [1.165, 1.54) is 68.5 Å². The second-order valence-electron chi connectivity index (χ2n) is 10.6. The monoisotopic (exact) mass is 600 g/mol. The molecule has 37 heavy (non-hydrogen) atoms. The molecule has 0 unspecified atom stereocenters. The van der Waals surface area contributed by atoms with E-state index in [4.69, 9.17) is 5.10 Å². The molecule has 3 aromatic carbocycles. The summed E-state index contributed by atoms with van der Waals surface area (Å²) >= 11 is -2.64. The van der Waals surface area contributed by atoms with E-state index in [1.54, 1.807) is 3.58 Å². The van der Waals surface area contributed by atoms with E-state index in [9.17, 15) is 0 Å². The molecule has 0 atom stereocenters. The van der Waals surface area contributed by atoms with Crippen LogP contribution in [0.15, 0.2) is 103 Å². The van der Waals surface area contributed by atoms with Crippen molar-refractivity contribution in [2.45, 2.75) is 78.1 Å². The molecule has 0 amide bonds. The van der Waals surface area contributed by atoms with E-state index in [0.29, 0.717) is 0 Å². The second-order valence-corrected chi connectivity index (χ2v) is 23.8. The molecule has 0 saturated carbocycles. The number of unbranched alkanes of at least 4 members (excludes halogenated alkanes) is 3. The molecule has 1 aromatic heterocycles. The number of benzene rings is 3. The number of hydrogen-bond donors (Lipinski definition) is 0. The molecule has 2 nitrogen and oxygen atoms in total. The van der Waals surface area contributed by atoms with Crippen LogP contribution in [0.3, 0.4) is 0 Å². The van der Waals surface area contributed by atoms with Crippen molar-refractivity contribution < 1.29 is 0 Å². The molecule has 3 heteroatoms. The van der Waals surface area contributed by atoms with E-state index in [0.717, 1.165) is 0 Å². The first-order chi connectivity index (χ1) is 18.2. The molecule has 194 valence electrons. The zero-order valence-corrected chi connectivity index (χ0v) is 25.9. The summed E-state index contributed by atoms with van der Waals surface area (Å²) in [7, 11) is 0. The molecule has 0 aliphatic carbocycles. The zero-order chi connectivity index (χ0) is 26.0. The minimum absolute atomic E-state index is 0.514. The van der Waals surface area contributed by atoms with Gasteiger partial charge in [-0.2, -0.15) is 0 Å². The van der Waals surface area contributed by atoms with Crippen LogP contribution in [0.1, 0.15) is 76.0 Å². The van der Waals surface area contributed by atoms with Gasteiger partial charge in [-0.1, -0.05) is 0 Å². The maximum atomic E-state index is 5.28. The normalized spacial score (nSPS) is 12.1. The fourth-order valence-corrected chi connectivity index (χ4v) is 21.6. The first kappa shape index (κ1) is 27.7. The molecule has 0 spiro atoms. The van der Waals surface area contributed by atoms with Crippen molar-refractivity contribution >= 4 is 22.0 Å². The van der Waals surface area contributed by atoms with E-state index in [-0.39, 0.29) is 0 Å². The number of aromatic nitrogens is 2. The van der Waals surface area contributed by atoms with Gasteiger partial charge < -0.3 is 0 Å². The van der Waals surface area contributed by atoms with Crippen molar-refractivity contribution in [3.8, 4) is 0 Å². The molecule has 4 aromatic rings. The Kier molecular flexibility index (Phi) is 10.1. The van der Waals surface area contributed by atoms with Crippen molar-refractivity contribution in [2.75, 3.05) is 0 Å². The average Bonchev–Trinajstić information content (AvgIpc) is 3.46. The predicted octanol–water partition coefficient (Wildman–Crippen LogP) is 8.78. The molecule has 0 fully saturated rings. The van der Waals surface area contributed by atoms with Crippen molar-refractivity contribution in [1.29, 1.82) is 0 Å². The fourth-order valence-electron chi connectivity index (χ4n) is 6.07. The predicted molar refractivity (Wildman–Crippen MR) is 161 cm³/mol. The van der Waals surface area contributed by atoms with Gasteiger partial charge in [0.05, 0.1) is 0 Å². The molecule has 0 saturated heterocycles. The first-order valence-electron chi connectivity index (χ1n) is 14.4. The summed E-state index contributed by atoms with van der Waals surface area (Å²) in [6.07, 6.45) is 12.7. The Hall–Kier alpha value is -2.33. The summed E-state index contributed by atoms with van der Waals surface area (Å²) < 4.78 is 8.29. The second kappa shape index (κ2) is 13.5. The molecule has 1 heterocycles. The molecular formula is C34H44N2Sn. The molecule has 0 bridgehead atoms. The third kappa shape index (κ3) is 5.90. The summed E-state index contributed by atoms with van der Waals surface area (Å²) in [5.74, 6) is 0. The minimum atomic E-state index is -2.64. The quantitative estimate of drug-likeness (QED) is 0.105. The summed E-state index contributed by atoms with van der Waals surface area (Å²) in [4.78, 5) is 0. The van der Waals surface area contributed by atoms with E-state index in [1.807, 2.05) is 0 Å². The van der Waals surface area contributed by atoms with Crippen LogP contribution in [0.2, 0.25) is 13.3 Å². The van der Waals surface area contributed by atoms with Crippen LogP contribution in [0, 0.1) is 0 Å². The zero-order valence-electron chi connectivity index (χ0n) is 23.1. The van der Waals surface area contributed by atoms with Crippen LogP contribution in [0.5, 0.6) is 0 Å². The van der Waals surface area contributed by atoms with Crippen molar-refractivity contribution in [2.24, 2.45) is 0 Å². The van der Waals surface area contributed by atoms with Gasteiger partial charge >= 0.3 is 230 Å². The van der Waals surface area contributed by atoms with Crippen LogP contribution >= 0.6 is 0 Å². The molecule has 0 N–H and O–H groups in total. The van der Waals surface area contributed by atoms with E-state index >= 15 is 0 Å². The Morgan fingerprint density at radius 3 is 1.32 bits per heavy atom. The molecule has 0 radical (unpaired) electrons. The van der Waals surface area contributed by atoms with Crippen LogP contribution in [0.25, 0.3) is 0 Å². The van der Waals surface area contributed by atoms with Gasteiger partial charge in [-0.3, -0.25) is 0 Å². The average molecular weight is 599 g/mol. The Labute approximate surface area is 229 Å². The van der Waals surface area contributed by atoms with Gasteiger partial charge in [0.2, 0.25) is 0 Å². The third-order valence-electron chi connectivity index (χ3n) is 8.14. The Morgan fingerprint density at radius 2 is 0.973 bits per heavy atom. The Balaban J connectivity index is 1.96. The van der Waals surface area contributed by atoms with Crippen LogP contribution in [-0.4, -0.2) is 28.2 Å². The summed E-state index contributed by atoms with van der Waals surface area (Å²) in [5.41, 5.74) is 3.23. The van der Waals surface area contributed by atoms with Gasteiger partial charge in [-0.15, -0.1) is 0 Å². The van der Waals surface area contributed by atoms with Gasteiger partial charge in [0.25, 0.3) is 0 Å². The summed E-state index contributed by atoms with van der Waals surface area (Å²) in [6, 6.07) is 32.9. The SMILES string of the molecule is CCC[CH2][Sn]([CH2]CCC)([CH2]CCC)[c]1cnn(C(c2ccccc2)(c2ccccc2)c2ccccc2)c1. The van der Waals surface area contributed by atoms with Crippen LogP contribution in [-0.2, 0) is 5.54 Å². The summed E-state index contributed by atoms with van der Waals surface area (Å²) in [6.45, 7) is 7.06. The van der Waals surface area contributed by atoms with Crippen LogP contribution in [0.4, 0.5) is 0 Å². The van der Waals surface area contributed by atoms with E-state index in [2.05, 4.69) is 129 Å². The standard InChI is InChI=1S/C22H17N2.3C4H9.Sn/c1-4-11-19(12-5-1)22(24-18-10-17-23-24,20-13-6-2-7-14-20)21-15-8-3-9-16-21;3*1-3-4-2;/h1-9,11-18H;3*1,3-4H2,2H3;. The molecular weight excluding hydrogens is 555 g/mol. The van der Waals surface area contributed by atoms with Gasteiger partial charge in [0.15, 0.2) is 0 Å². The molecule has 0 aliphatic rings.